The molecule has 1 amide bonds. The van der Waals surface area contributed by atoms with Crippen LogP contribution in [0.3, 0.4) is 0 Å². The number of carbonyl (C=O) groups excluding carboxylic acids is 2. The third kappa shape index (κ3) is 5.83. The van der Waals surface area contributed by atoms with E-state index < -0.39 is 18.1 Å². The van der Waals surface area contributed by atoms with Crippen LogP contribution in [0.15, 0.2) is 59.5 Å². The number of amides is 1. The molecule has 0 saturated carbocycles. The second kappa shape index (κ2) is 11.2. The van der Waals surface area contributed by atoms with E-state index in [0.29, 0.717) is 28.7 Å². The van der Waals surface area contributed by atoms with Gasteiger partial charge in [-0.15, -0.1) is 0 Å². The molecule has 0 spiro atoms. The van der Waals surface area contributed by atoms with Crippen LogP contribution in [-0.4, -0.2) is 46.5 Å². The number of aromatic nitrogens is 3. The molecule has 0 radical (unpaired) electrons. The van der Waals surface area contributed by atoms with Gasteiger partial charge in [-0.3, -0.25) is 19.0 Å². The largest absolute Gasteiger partial charge is 0.497 e. The molecule has 4 aromatic rings. The molecule has 11 heteroatoms. The highest BCUT2D eigenvalue weighted by atomic mass is 19.3. The van der Waals surface area contributed by atoms with E-state index in [1.807, 2.05) is 0 Å². The number of nitrogens with zero attached hydrogens (tertiary/aromatic N) is 3. The lowest BCUT2D eigenvalue weighted by Crippen LogP contribution is -2.37. The number of benzene rings is 2. The van der Waals surface area contributed by atoms with Crippen molar-refractivity contribution in [2.45, 2.75) is 33.0 Å². The quantitative estimate of drug-likeness (QED) is 0.330. The smallest absolute Gasteiger partial charge is 0.387 e. The van der Waals surface area contributed by atoms with Gasteiger partial charge in [-0.1, -0.05) is 12.1 Å². The second-order valence-electron chi connectivity index (χ2n) is 8.66. The number of hydrogen-bond acceptors (Lipinski definition) is 7. The van der Waals surface area contributed by atoms with Crippen molar-refractivity contribution in [1.82, 2.24) is 19.9 Å². The van der Waals surface area contributed by atoms with Crippen molar-refractivity contribution in [3.63, 3.8) is 0 Å². The molecule has 0 saturated heterocycles. The van der Waals surface area contributed by atoms with E-state index in [2.05, 4.69) is 20.0 Å². The van der Waals surface area contributed by atoms with Crippen LogP contribution >= 0.6 is 0 Å². The fourth-order valence-electron chi connectivity index (χ4n) is 3.93. The number of pyridine rings is 1. The highest BCUT2D eigenvalue weighted by Crippen LogP contribution is 2.28. The van der Waals surface area contributed by atoms with Crippen LogP contribution in [0.4, 0.5) is 8.78 Å². The third-order valence-corrected chi connectivity index (χ3v) is 5.51. The molecular formula is C27H24F2N4O5. The van der Waals surface area contributed by atoms with Gasteiger partial charge >= 0.3 is 6.61 Å². The van der Waals surface area contributed by atoms with Gasteiger partial charge in [0.05, 0.1) is 12.5 Å². The Kier molecular flexibility index (Phi) is 7.75. The van der Waals surface area contributed by atoms with Crippen LogP contribution < -0.4 is 20.3 Å². The Morgan fingerprint density at radius 2 is 1.84 bits per heavy atom. The Morgan fingerprint density at radius 3 is 2.53 bits per heavy atom. The summed E-state index contributed by atoms with van der Waals surface area (Å²) in [6.45, 7) is 0.158. The lowest BCUT2D eigenvalue weighted by Gasteiger charge is -2.16. The number of carbonyl (C=O) groups is 2. The molecule has 2 aromatic heterocycles. The fraction of sp³-hybridized carbons (Fsp3) is 0.222. The second-order valence-corrected chi connectivity index (χ2v) is 8.66. The van der Waals surface area contributed by atoms with E-state index in [1.54, 1.807) is 44.2 Å². The number of fused-ring (bicyclic) bond motifs is 1. The molecule has 0 bridgehead atoms. The topological polar surface area (TPSA) is 112 Å². The molecule has 1 N–H and O–H groups in total. The minimum Gasteiger partial charge on any atom is -0.497 e. The highest BCUT2D eigenvalue weighted by molar-refractivity contribution is 5.85. The zero-order chi connectivity index (χ0) is 27.4. The molecule has 0 aliphatic carbocycles. The number of aldehydes is 1. The Morgan fingerprint density at radius 1 is 1.08 bits per heavy atom. The van der Waals surface area contributed by atoms with E-state index in [4.69, 9.17) is 4.74 Å². The molecule has 0 aliphatic rings. The first kappa shape index (κ1) is 26.4. The summed E-state index contributed by atoms with van der Waals surface area (Å²) in [5.74, 6) is -0.0489. The van der Waals surface area contributed by atoms with Crippen molar-refractivity contribution >= 4 is 23.2 Å². The van der Waals surface area contributed by atoms with Crippen molar-refractivity contribution in [3.8, 4) is 34.0 Å². The molecule has 4 rings (SSSR count). The molecule has 0 fully saturated rings. The summed E-state index contributed by atoms with van der Waals surface area (Å²) in [4.78, 5) is 46.6. The molecule has 0 atom stereocenters. The fourth-order valence-corrected chi connectivity index (χ4v) is 3.93. The van der Waals surface area contributed by atoms with E-state index in [1.165, 1.54) is 31.5 Å². The van der Waals surface area contributed by atoms with Crippen LogP contribution in [0.25, 0.3) is 33.5 Å². The molecule has 38 heavy (non-hydrogen) atoms. The summed E-state index contributed by atoms with van der Waals surface area (Å²) in [5.41, 5.74) is 1.31. The average molecular weight is 523 g/mol. The first-order valence-electron chi connectivity index (χ1n) is 11.6. The van der Waals surface area contributed by atoms with Gasteiger partial charge in [-0.05, 0) is 55.8 Å². The monoisotopic (exact) mass is 522 g/mol. The Bertz CT molecular complexity index is 1570. The van der Waals surface area contributed by atoms with Crippen LogP contribution in [0.2, 0.25) is 0 Å². The lowest BCUT2D eigenvalue weighted by atomic mass is 10.0. The molecular weight excluding hydrogens is 498 g/mol. The summed E-state index contributed by atoms with van der Waals surface area (Å²) in [6, 6.07) is 12.0. The first-order valence-corrected chi connectivity index (χ1v) is 11.6. The number of methoxy groups -OCH3 is 1. The van der Waals surface area contributed by atoms with Crippen LogP contribution in [0.1, 0.15) is 24.2 Å². The van der Waals surface area contributed by atoms with Gasteiger partial charge < -0.3 is 14.8 Å². The summed E-state index contributed by atoms with van der Waals surface area (Å²) in [5, 5.41) is 2.86. The van der Waals surface area contributed by atoms with Crippen molar-refractivity contribution in [1.29, 1.82) is 0 Å². The minimum absolute atomic E-state index is 0.0611. The summed E-state index contributed by atoms with van der Waals surface area (Å²) in [6.07, 6.45) is 2.18. The van der Waals surface area contributed by atoms with E-state index in [-0.39, 0.29) is 40.8 Å². The average Bonchev–Trinajstić information content (AvgIpc) is 2.89. The molecule has 0 unspecified atom stereocenters. The standard InChI is InChI=1S/C27H24F2N4O5/c1-15(2)31-23(35)13-33-25(17-5-4-6-20(9-17)38-27(28)29)32-24-22(26(33)36)11-19(12-30-24)18-7-16(14-34)8-21(10-18)37-3/h4-12,14-15,27H,13H2,1-3H3,(H,31,35). The van der Waals surface area contributed by atoms with Gasteiger partial charge in [0.1, 0.15) is 30.2 Å². The van der Waals surface area contributed by atoms with Gasteiger partial charge in [0.15, 0.2) is 5.65 Å². The number of ether oxygens (including phenoxy) is 2. The summed E-state index contributed by atoms with van der Waals surface area (Å²) < 4.78 is 36.5. The maximum Gasteiger partial charge on any atom is 0.387 e. The van der Waals surface area contributed by atoms with Gasteiger partial charge in [0.2, 0.25) is 5.91 Å². The van der Waals surface area contributed by atoms with Gasteiger partial charge in [0, 0.05) is 28.9 Å². The number of nitrogens with one attached hydrogen (secondary N) is 1. The molecule has 9 nitrogen and oxygen atoms in total. The number of halogens is 2. The number of alkyl halides is 2. The Labute approximate surface area is 216 Å². The molecule has 2 aromatic carbocycles. The highest BCUT2D eigenvalue weighted by Gasteiger charge is 2.19. The lowest BCUT2D eigenvalue weighted by molar-refractivity contribution is -0.122. The van der Waals surface area contributed by atoms with Gasteiger partial charge in [0.25, 0.3) is 5.56 Å². The SMILES string of the molecule is COc1cc(C=O)cc(-c2cnc3nc(-c4cccc(OC(F)F)c4)n(CC(=O)NC(C)C)c(=O)c3c2)c1. The third-order valence-electron chi connectivity index (χ3n) is 5.51. The van der Waals surface area contributed by atoms with Crippen molar-refractivity contribution in [2.75, 3.05) is 7.11 Å². The maximum absolute atomic E-state index is 13.7. The van der Waals surface area contributed by atoms with E-state index in [9.17, 15) is 23.2 Å². The van der Waals surface area contributed by atoms with E-state index >= 15 is 0 Å². The van der Waals surface area contributed by atoms with Gasteiger partial charge in [-0.2, -0.15) is 8.78 Å². The zero-order valence-electron chi connectivity index (χ0n) is 20.8. The molecule has 196 valence electrons. The van der Waals surface area contributed by atoms with Crippen LogP contribution in [0.5, 0.6) is 11.5 Å². The van der Waals surface area contributed by atoms with Crippen LogP contribution in [-0.2, 0) is 11.3 Å². The summed E-state index contributed by atoms with van der Waals surface area (Å²) in [7, 11) is 1.47. The predicted molar refractivity (Wildman–Crippen MR) is 137 cm³/mol. The Balaban J connectivity index is 1.91. The van der Waals surface area contributed by atoms with Crippen molar-refractivity contribution < 1.29 is 27.8 Å². The predicted octanol–water partition coefficient (Wildman–Crippen LogP) is 4.07. The molecule has 0 aliphatic heterocycles. The maximum atomic E-state index is 13.7. The Hall–Kier alpha value is -4.67. The first-order chi connectivity index (χ1) is 18.2. The number of hydrogen-bond donors (Lipinski definition) is 1. The van der Waals surface area contributed by atoms with Crippen molar-refractivity contribution in [3.05, 3.63) is 70.6 Å². The van der Waals surface area contributed by atoms with Crippen LogP contribution in [0, 0.1) is 0 Å². The zero-order valence-corrected chi connectivity index (χ0v) is 20.8. The number of rotatable bonds is 9. The molecule has 2 heterocycles. The normalized spacial score (nSPS) is 11.1. The van der Waals surface area contributed by atoms with E-state index in [0.717, 1.165) is 4.57 Å². The van der Waals surface area contributed by atoms with Crippen molar-refractivity contribution in [2.24, 2.45) is 0 Å². The summed E-state index contributed by atoms with van der Waals surface area (Å²) >= 11 is 0. The minimum atomic E-state index is -3.04. The van der Waals surface area contributed by atoms with Gasteiger partial charge in [-0.25, -0.2) is 9.97 Å².